The summed E-state index contributed by atoms with van der Waals surface area (Å²) in [5, 5.41) is 6.94. The van der Waals surface area contributed by atoms with Gasteiger partial charge in [0.1, 0.15) is 15.7 Å². The maximum atomic E-state index is 12.5. The van der Waals surface area contributed by atoms with E-state index in [0.29, 0.717) is 0 Å². The van der Waals surface area contributed by atoms with Gasteiger partial charge in [0.05, 0.1) is 5.25 Å². The van der Waals surface area contributed by atoms with Crippen molar-refractivity contribution in [1.29, 1.82) is 0 Å². The van der Waals surface area contributed by atoms with E-state index in [-0.39, 0.29) is 18.0 Å². The number of imide groups is 1. The van der Waals surface area contributed by atoms with Crippen LogP contribution in [0.15, 0.2) is 5.03 Å². The predicted octanol–water partition coefficient (Wildman–Crippen LogP) is 3.74. The number of fused-ring (bicyclic) bond motifs is 3. The van der Waals surface area contributed by atoms with Gasteiger partial charge < -0.3 is 5.32 Å². The second kappa shape index (κ2) is 7.75. The molecular formula is C19H24N4O2S2. The number of thiophene rings is 1. The maximum Gasteiger partial charge on any atom is 0.321 e. The summed E-state index contributed by atoms with van der Waals surface area (Å²) in [5.74, 6) is 0.434. The molecule has 0 aromatic carbocycles. The van der Waals surface area contributed by atoms with Crippen LogP contribution in [0.25, 0.3) is 10.2 Å². The third-order valence-electron chi connectivity index (χ3n) is 5.23. The molecule has 2 aromatic heterocycles. The molecular weight excluding hydrogens is 380 g/mol. The van der Waals surface area contributed by atoms with Gasteiger partial charge in [0, 0.05) is 16.3 Å². The molecule has 2 heterocycles. The number of urea groups is 1. The lowest BCUT2D eigenvalue weighted by molar-refractivity contribution is -0.119. The Morgan fingerprint density at radius 1 is 1.19 bits per heavy atom. The standard InChI is InChI=1S/C19H24N4O2S2/c1-10(16(24)23-19(25)22-12-6-3-4-7-12)26-17-15-13-8-5-9-14(13)27-18(15)21-11(2)20-17/h10,12H,3-9H2,1-2H3,(H2,22,23,24,25)/t10-/m0/s1. The van der Waals surface area contributed by atoms with Crippen LogP contribution in [-0.4, -0.2) is 33.2 Å². The molecule has 27 heavy (non-hydrogen) atoms. The molecule has 1 atom stereocenters. The van der Waals surface area contributed by atoms with Crippen molar-refractivity contribution < 1.29 is 9.59 Å². The smallest absolute Gasteiger partial charge is 0.321 e. The van der Waals surface area contributed by atoms with Gasteiger partial charge in [-0.3, -0.25) is 10.1 Å². The second-order valence-electron chi connectivity index (χ2n) is 7.32. The number of amides is 3. The lowest BCUT2D eigenvalue weighted by atomic mass is 10.2. The predicted molar refractivity (Wildman–Crippen MR) is 108 cm³/mol. The van der Waals surface area contributed by atoms with Crippen molar-refractivity contribution in [1.82, 2.24) is 20.6 Å². The van der Waals surface area contributed by atoms with Gasteiger partial charge in [-0.25, -0.2) is 14.8 Å². The van der Waals surface area contributed by atoms with Crippen LogP contribution in [0.3, 0.4) is 0 Å². The Balaban J connectivity index is 1.46. The molecule has 2 aliphatic carbocycles. The first-order valence-corrected chi connectivity index (χ1v) is 11.3. The number of hydrogen-bond acceptors (Lipinski definition) is 6. The molecule has 0 unspecified atom stereocenters. The van der Waals surface area contributed by atoms with E-state index in [0.717, 1.165) is 59.6 Å². The lowest BCUT2D eigenvalue weighted by Crippen LogP contribution is -2.45. The van der Waals surface area contributed by atoms with Crippen molar-refractivity contribution in [2.75, 3.05) is 0 Å². The number of carbonyl (C=O) groups excluding carboxylic acids is 2. The van der Waals surface area contributed by atoms with Crippen LogP contribution < -0.4 is 10.6 Å². The van der Waals surface area contributed by atoms with E-state index < -0.39 is 5.25 Å². The first-order valence-electron chi connectivity index (χ1n) is 9.58. The van der Waals surface area contributed by atoms with Gasteiger partial charge in [0.25, 0.3) is 0 Å². The molecule has 2 N–H and O–H groups in total. The third kappa shape index (κ3) is 3.96. The molecule has 2 aliphatic rings. The highest BCUT2D eigenvalue weighted by molar-refractivity contribution is 8.00. The Hall–Kier alpha value is -1.67. The normalized spacial score (nSPS) is 17.9. The number of aryl methyl sites for hydroxylation is 3. The van der Waals surface area contributed by atoms with Crippen LogP contribution in [0, 0.1) is 6.92 Å². The second-order valence-corrected chi connectivity index (χ2v) is 9.73. The Morgan fingerprint density at radius 2 is 1.96 bits per heavy atom. The first-order chi connectivity index (χ1) is 13.0. The summed E-state index contributed by atoms with van der Waals surface area (Å²) < 4.78 is 0. The molecule has 0 bridgehead atoms. The van der Waals surface area contributed by atoms with Crippen LogP contribution in [-0.2, 0) is 17.6 Å². The van der Waals surface area contributed by atoms with Gasteiger partial charge in [0.2, 0.25) is 5.91 Å². The maximum absolute atomic E-state index is 12.5. The molecule has 1 saturated carbocycles. The van der Waals surface area contributed by atoms with Crippen molar-refractivity contribution in [3.8, 4) is 0 Å². The molecule has 1 fully saturated rings. The minimum atomic E-state index is -0.409. The third-order valence-corrected chi connectivity index (χ3v) is 7.50. The van der Waals surface area contributed by atoms with Crippen LogP contribution in [0.2, 0.25) is 0 Å². The summed E-state index contributed by atoms with van der Waals surface area (Å²) >= 11 is 3.16. The number of nitrogens with one attached hydrogen (secondary N) is 2. The fourth-order valence-electron chi connectivity index (χ4n) is 3.88. The molecule has 144 valence electrons. The molecule has 3 amide bonds. The molecule has 0 spiro atoms. The highest BCUT2D eigenvalue weighted by Gasteiger charge is 2.25. The SMILES string of the molecule is Cc1nc(S[C@@H](C)C(=O)NC(=O)NC2CCCC2)c2c3c(sc2n1)CCC3. The number of thioether (sulfide) groups is 1. The number of hydrogen-bond donors (Lipinski definition) is 2. The van der Waals surface area contributed by atoms with E-state index in [2.05, 4.69) is 20.6 Å². The van der Waals surface area contributed by atoms with Gasteiger partial charge in [-0.1, -0.05) is 24.6 Å². The molecule has 2 aromatic rings. The van der Waals surface area contributed by atoms with Crippen LogP contribution >= 0.6 is 23.1 Å². The van der Waals surface area contributed by atoms with Crippen molar-refractivity contribution in [3.63, 3.8) is 0 Å². The minimum absolute atomic E-state index is 0.193. The van der Waals surface area contributed by atoms with E-state index in [1.165, 1.54) is 28.6 Å². The number of nitrogens with zero attached hydrogens (tertiary/aromatic N) is 2. The van der Waals surface area contributed by atoms with Crippen molar-refractivity contribution in [2.45, 2.75) is 75.1 Å². The fourth-order valence-corrected chi connectivity index (χ4v) is 6.27. The summed E-state index contributed by atoms with van der Waals surface area (Å²) in [6.07, 6.45) is 7.60. The van der Waals surface area contributed by atoms with Gasteiger partial charge in [-0.05, 0) is 51.5 Å². The van der Waals surface area contributed by atoms with E-state index in [9.17, 15) is 9.59 Å². The number of carbonyl (C=O) groups is 2. The zero-order valence-electron chi connectivity index (χ0n) is 15.6. The Kier molecular flexibility index (Phi) is 5.36. The van der Waals surface area contributed by atoms with Crippen molar-refractivity contribution >= 4 is 45.3 Å². The van der Waals surface area contributed by atoms with Crippen LogP contribution in [0.5, 0.6) is 0 Å². The average molecular weight is 405 g/mol. The fraction of sp³-hybridized carbons (Fsp3) is 0.579. The van der Waals surface area contributed by atoms with Crippen molar-refractivity contribution in [2.24, 2.45) is 0 Å². The first kappa shape index (κ1) is 18.7. The van der Waals surface area contributed by atoms with Crippen LogP contribution in [0.4, 0.5) is 4.79 Å². The monoisotopic (exact) mass is 404 g/mol. The average Bonchev–Trinajstić information content (AvgIpc) is 3.31. The highest BCUT2D eigenvalue weighted by Crippen LogP contribution is 2.41. The van der Waals surface area contributed by atoms with E-state index in [1.54, 1.807) is 11.3 Å². The topological polar surface area (TPSA) is 84.0 Å². The Bertz CT molecular complexity index is 889. The summed E-state index contributed by atoms with van der Waals surface area (Å²) in [6, 6.07) is -0.196. The molecule has 0 saturated heterocycles. The van der Waals surface area contributed by atoms with Gasteiger partial charge in [-0.15, -0.1) is 11.3 Å². The lowest BCUT2D eigenvalue weighted by Gasteiger charge is -2.15. The Labute approximate surface area is 166 Å². The largest absolute Gasteiger partial charge is 0.335 e. The molecule has 0 aliphatic heterocycles. The quantitative estimate of drug-likeness (QED) is 0.599. The minimum Gasteiger partial charge on any atom is -0.335 e. The van der Waals surface area contributed by atoms with Gasteiger partial charge in [-0.2, -0.15) is 0 Å². The molecule has 4 rings (SSSR count). The number of rotatable bonds is 4. The van der Waals surface area contributed by atoms with Gasteiger partial charge >= 0.3 is 6.03 Å². The molecule has 8 heteroatoms. The highest BCUT2D eigenvalue weighted by atomic mass is 32.2. The summed E-state index contributed by atoms with van der Waals surface area (Å²) in [6.45, 7) is 3.70. The molecule has 0 radical (unpaired) electrons. The van der Waals surface area contributed by atoms with E-state index >= 15 is 0 Å². The Morgan fingerprint density at radius 3 is 2.74 bits per heavy atom. The summed E-state index contributed by atoms with van der Waals surface area (Å²) in [4.78, 5) is 36.2. The molecule has 6 nitrogen and oxygen atoms in total. The van der Waals surface area contributed by atoms with Crippen molar-refractivity contribution in [3.05, 3.63) is 16.3 Å². The van der Waals surface area contributed by atoms with Gasteiger partial charge in [0.15, 0.2) is 0 Å². The van der Waals surface area contributed by atoms with E-state index in [1.807, 2.05) is 13.8 Å². The number of aromatic nitrogens is 2. The summed E-state index contributed by atoms with van der Waals surface area (Å²) in [5.41, 5.74) is 1.35. The zero-order chi connectivity index (χ0) is 19.0. The summed E-state index contributed by atoms with van der Waals surface area (Å²) in [7, 11) is 0. The van der Waals surface area contributed by atoms with Crippen LogP contribution in [0.1, 0.15) is 55.3 Å². The van der Waals surface area contributed by atoms with E-state index in [4.69, 9.17) is 0 Å². The zero-order valence-corrected chi connectivity index (χ0v) is 17.3.